The van der Waals surface area contributed by atoms with Crippen molar-refractivity contribution in [2.75, 3.05) is 7.11 Å². The van der Waals surface area contributed by atoms with Gasteiger partial charge in [0, 0.05) is 35.2 Å². The highest BCUT2D eigenvalue weighted by atomic mass is 19.1. The first-order valence-corrected chi connectivity index (χ1v) is 9.20. The molecule has 6 heteroatoms. The molecular weight excluding hydrogens is 369 g/mol. The van der Waals surface area contributed by atoms with E-state index in [4.69, 9.17) is 4.74 Å². The molecule has 4 rings (SSSR count). The monoisotopic (exact) mass is 389 g/mol. The van der Waals surface area contributed by atoms with Crippen LogP contribution in [0.25, 0.3) is 22.5 Å². The maximum absolute atomic E-state index is 14.9. The average molecular weight is 389 g/mol. The Balaban J connectivity index is 1.81. The number of benzene rings is 2. The van der Waals surface area contributed by atoms with E-state index in [1.807, 2.05) is 30.3 Å². The molecule has 1 atom stereocenters. The number of rotatable bonds is 6. The Hall–Kier alpha value is -3.51. The zero-order chi connectivity index (χ0) is 20.2. The number of ether oxygens (including phenoxy) is 1. The molecular formula is C23H20FN3O2. The van der Waals surface area contributed by atoms with Crippen LogP contribution in [0, 0.1) is 5.82 Å². The SMILES string of the molecule is COc1ccc(-c2c(-c3ccccc3)ncn2C[C@@H](O)c2cccnc2)c(F)c1. The molecule has 0 saturated carbocycles. The standard InChI is InChI=1S/C23H20FN3O2/c1-29-18-9-10-19(20(24)12-18)23-22(16-6-3-2-4-7-16)26-15-27(23)14-21(28)17-8-5-11-25-13-17/h2-13,15,21,28H,14H2,1H3/t21-/m1/s1. The van der Waals surface area contributed by atoms with E-state index < -0.39 is 11.9 Å². The summed E-state index contributed by atoms with van der Waals surface area (Å²) in [5.74, 6) is 0.0214. The van der Waals surface area contributed by atoms with Crippen LogP contribution in [0.4, 0.5) is 4.39 Å². The van der Waals surface area contributed by atoms with Gasteiger partial charge in [-0.1, -0.05) is 36.4 Å². The Morgan fingerprint density at radius 3 is 2.62 bits per heavy atom. The van der Waals surface area contributed by atoms with E-state index in [0.717, 1.165) is 5.56 Å². The normalized spacial score (nSPS) is 12.0. The quantitative estimate of drug-likeness (QED) is 0.528. The van der Waals surface area contributed by atoms with Crippen molar-refractivity contribution in [3.63, 3.8) is 0 Å². The van der Waals surface area contributed by atoms with Crippen LogP contribution in [0.3, 0.4) is 0 Å². The molecule has 0 radical (unpaired) electrons. The summed E-state index contributed by atoms with van der Waals surface area (Å²) in [6.07, 6.45) is 4.09. The van der Waals surface area contributed by atoms with Gasteiger partial charge in [0.1, 0.15) is 11.6 Å². The van der Waals surface area contributed by atoms with Crippen LogP contribution in [-0.2, 0) is 6.54 Å². The van der Waals surface area contributed by atoms with E-state index in [-0.39, 0.29) is 6.54 Å². The Labute approximate surface area is 168 Å². The summed E-state index contributed by atoms with van der Waals surface area (Å²) in [6, 6.07) is 17.9. The van der Waals surface area contributed by atoms with Crippen molar-refractivity contribution in [3.05, 3.63) is 90.8 Å². The predicted molar refractivity (Wildman–Crippen MR) is 109 cm³/mol. The summed E-state index contributed by atoms with van der Waals surface area (Å²) in [5.41, 5.74) is 3.18. The van der Waals surface area contributed by atoms with Crippen LogP contribution in [-0.4, -0.2) is 26.8 Å². The minimum absolute atomic E-state index is 0.215. The Kier molecular flexibility index (Phi) is 5.35. The number of aliphatic hydroxyl groups is 1. The van der Waals surface area contributed by atoms with Gasteiger partial charge in [-0.3, -0.25) is 4.98 Å². The van der Waals surface area contributed by atoms with E-state index in [1.54, 1.807) is 47.6 Å². The number of hydrogen-bond acceptors (Lipinski definition) is 4. The van der Waals surface area contributed by atoms with E-state index >= 15 is 0 Å². The van der Waals surface area contributed by atoms with Crippen LogP contribution in [0.2, 0.25) is 0 Å². The smallest absolute Gasteiger partial charge is 0.136 e. The molecule has 0 saturated heterocycles. The molecule has 0 unspecified atom stereocenters. The Morgan fingerprint density at radius 2 is 1.93 bits per heavy atom. The molecule has 0 fully saturated rings. The van der Waals surface area contributed by atoms with Crippen LogP contribution in [0.1, 0.15) is 11.7 Å². The van der Waals surface area contributed by atoms with Gasteiger partial charge >= 0.3 is 0 Å². The fourth-order valence-electron chi connectivity index (χ4n) is 3.29. The first kappa shape index (κ1) is 18.8. The van der Waals surface area contributed by atoms with Crippen LogP contribution >= 0.6 is 0 Å². The summed E-state index contributed by atoms with van der Waals surface area (Å²) in [5, 5.41) is 10.7. The molecule has 2 aromatic carbocycles. The highest BCUT2D eigenvalue weighted by molar-refractivity contribution is 5.79. The molecule has 146 valence electrons. The van der Waals surface area contributed by atoms with Crippen LogP contribution in [0.15, 0.2) is 79.4 Å². The van der Waals surface area contributed by atoms with Gasteiger partial charge in [0.15, 0.2) is 0 Å². The topological polar surface area (TPSA) is 60.2 Å². The van der Waals surface area contributed by atoms with Crippen LogP contribution in [0.5, 0.6) is 5.75 Å². The fourth-order valence-corrected chi connectivity index (χ4v) is 3.29. The number of aromatic nitrogens is 3. The zero-order valence-corrected chi connectivity index (χ0v) is 15.9. The van der Waals surface area contributed by atoms with Gasteiger partial charge in [-0.05, 0) is 18.2 Å². The molecule has 0 aliphatic rings. The third-order valence-corrected chi connectivity index (χ3v) is 4.76. The molecule has 4 aromatic rings. The largest absolute Gasteiger partial charge is 0.497 e. The zero-order valence-electron chi connectivity index (χ0n) is 15.9. The van der Waals surface area contributed by atoms with Crippen LogP contribution < -0.4 is 4.74 Å². The highest BCUT2D eigenvalue weighted by Crippen LogP contribution is 2.35. The first-order valence-electron chi connectivity index (χ1n) is 9.20. The van der Waals surface area contributed by atoms with Gasteiger partial charge in [-0.25, -0.2) is 9.37 Å². The van der Waals surface area contributed by atoms with E-state index in [1.165, 1.54) is 13.2 Å². The number of nitrogens with zero attached hydrogens (tertiary/aromatic N) is 3. The average Bonchev–Trinajstić information content (AvgIpc) is 3.18. The maximum Gasteiger partial charge on any atom is 0.136 e. The van der Waals surface area contributed by atoms with Crippen molar-refractivity contribution in [2.45, 2.75) is 12.6 Å². The summed E-state index contributed by atoms with van der Waals surface area (Å²) < 4.78 is 21.8. The molecule has 29 heavy (non-hydrogen) atoms. The molecule has 0 bridgehead atoms. The number of pyridine rings is 1. The van der Waals surface area contributed by atoms with Crippen molar-refractivity contribution in [3.8, 4) is 28.3 Å². The van der Waals surface area contributed by atoms with Crippen molar-refractivity contribution in [1.82, 2.24) is 14.5 Å². The lowest BCUT2D eigenvalue weighted by atomic mass is 10.0. The van der Waals surface area contributed by atoms with Gasteiger partial charge in [0.25, 0.3) is 0 Å². The van der Waals surface area contributed by atoms with Gasteiger partial charge in [-0.2, -0.15) is 0 Å². The first-order chi connectivity index (χ1) is 14.2. The summed E-state index contributed by atoms with van der Waals surface area (Å²) in [6.45, 7) is 0.215. The Morgan fingerprint density at radius 1 is 1.10 bits per heavy atom. The third-order valence-electron chi connectivity index (χ3n) is 4.76. The molecule has 0 aliphatic heterocycles. The predicted octanol–water partition coefficient (Wildman–Crippen LogP) is 4.49. The molecule has 2 aromatic heterocycles. The number of aliphatic hydroxyl groups excluding tert-OH is 1. The molecule has 1 N–H and O–H groups in total. The van der Waals surface area contributed by atoms with Crippen molar-refractivity contribution < 1.29 is 14.2 Å². The van der Waals surface area contributed by atoms with E-state index in [2.05, 4.69) is 9.97 Å². The number of hydrogen-bond donors (Lipinski definition) is 1. The molecule has 0 amide bonds. The lowest BCUT2D eigenvalue weighted by Gasteiger charge is -2.16. The third kappa shape index (κ3) is 3.88. The number of methoxy groups -OCH3 is 1. The summed E-state index contributed by atoms with van der Waals surface area (Å²) in [7, 11) is 1.50. The van der Waals surface area contributed by atoms with Crippen molar-refractivity contribution in [2.24, 2.45) is 0 Å². The summed E-state index contributed by atoms with van der Waals surface area (Å²) >= 11 is 0. The highest BCUT2D eigenvalue weighted by Gasteiger charge is 2.20. The molecule has 5 nitrogen and oxygen atoms in total. The van der Waals surface area contributed by atoms with Crippen molar-refractivity contribution in [1.29, 1.82) is 0 Å². The second kappa shape index (κ2) is 8.24. The second-order valence-electron chi connectivity index (χ2n) is 6.61. The van der Waals surface area contributed by atoms with Gasteiger partial charge in [0.05, 0.1) is 37.5 Å². The van der Waals surface area contributed by atoms with E-state index in [0.29, 0.717) is 28.3 Å². The summed E-state index contributed by atoms with van der Waals surface area (Å²) in [4.78, 5) is 8.59. The van der Waals surface area contributed by atoms with E-state index in [9.17, 15) is 9.50 Å². The fraction of sp³-hybridized carbons (Fsp3) is 0.130. The minimum atomic E-state index is -0.804. The lowest BCUT2D eigenvalue weighted by molar-refractivity contribution is 0.156. The Bertz CT molecular complexity index is 1100. The molecule has 0 spiro atoms. The molecule has 2 heterocycles. The van der Waals surface area contributed by atoms with Gasteiger partial charge in [0.2, 0.25) is 0 Å². The maximum atomic E-state index is 14.9. The number of imidazole rings is 1. The second-order valence-corrected chi connectivity index (χ2v) is 6.61. The molecule has 0 aliphatic carbocycles. The van der Waals surface area contributed by atoms with Gasteiger partial charge < -0.3 is 14.4 Å². The lowest BCUT2D eigenvalue weighted by Crippen LogP contribution is -2.10. The van der Waals surface area contributed by atoms with Crippen molar-refractivity contribution >= 4 is 0 Å². The van der Waals surface area contributed by atoms with Gasteiger partial charge in [-0.15, -0.1) is 0 Å². The minimum Gasteiger partial charge on any atom is -0.497 e. The number of halogens is 1.